The highest BCUT2D eigenvalue weighted by Gasteiger charge is 2.27. The van der Waals surface area contributed by atoms with E-state index in [9.17, 15) is 9.59 Å². The molecular formula is C25H17Cl2NO3. The molecule has 6 heteroatoms. The highest BCUT2D eigenvalue weighted by Crippen LogP contribution is 2.28. The van der Waals surface area contributed by atoms with Gasteiger partial charge in [0.25, 0.3) is 0 Å². The number of aromatic nitrogens is 1. The molecule has 0 aliphatic carbocycles. The molecule has 4 aromatic rings. The van der Waals surface area contributed by atoms with Gasteiger partial charge in [0.1, 0.15) is 0 Å². The number of Topliss-reactive ketones (excluding diaryl/α,β-unsaturated/α-hetero) is 1. The maximum absolute atomic E-state index is 13.4. The molecule has 1 N–H and O–H groups in total. The van der Waals surface area contributed by atoms with Crippen molar-refractivity contribution < 1.29 is 14.3 Å². The van der Waals surface area contributed by atoms with Crippen LogP contribution < -0.4 is 0 Å². The van der Waals surface area contributed by atoms with Crippen LogP contribution in [0.15, 0.2) is 85.1 Å². The van der Waals surface area contributed by atoms with Crippen molar-refractivity contribution >= 4 is 51.9 Å². The van der Waals surface area contributed by atoms with Crippen molar-refractivity contribution in [1.29, 1.82) is 0 Å². The third-order valence-corrected chi connectivity index (χ3v) is 5.52. The summed E-state index contributed by atoms with van der Waals surface area (Å²) < 4.78 is 5.60. The number of aromatic amines is 1. The number of halogens is 2. The van der Waals surface area contributed by atoms with Crippen molar-refractivity contribution in [3.8, 4) is 0 Å². The summed E-state index contributed by atoms with van der Waals surface area (Å²) in [6.07, 6.45) is 3.38. The van der Waals surface area contributed by atoms with Gasteiger partial charge in [-0.3, -0.25) is 4.79 Å². The highest BCUT2D eigenvalue weighted by molar-refractivity contribution is 6.42. The molecule has 31 heavy (non-hydrogen) atoms. The van der Waals surface area contributed by atoms with Gasteiger partial charge in [-0.2, -0.15) is 0 Å². The second-order valence-corrected chi connectivity index (χ2v) is 7.66. The number of carbonyl (C=O) groups is 2. The Morgan fingerprint density at radius 1 is 0.903 bits per heavy atom. The van der Waals surface area contributed by atoms with Gasteiger partial charge in [-0.05, 0) is 29.8 Å². The zero-order valence-corrected chi connectivity index (χ0v) is 17.7. The minimum Gasteiger partial charge on any atom is -0.446 e. The number of fused-ring (bicyclic) bond motifs is 1. The first-order valence-electron chi connectivity index (χ1n) is 9.52. The van der Waals surface area contributed by atoms with Gasteiger partial charge in [0.05, 0.1) is 10.0 Å². The van der Waals surface area contributed by atoms with Crippen molar-refractivity contribution in [2.24, 2.45) is 0 Å². The van der Waals surface area contributed by atoms with Gasteiger partial charge in [-0.1, -0.05) is 77.8 Å². The number of nitrogens with one attached hydrogen (secondary N) is 1. The first kappa shape index (κ1) is 20.9. The van der Waals surface area contributed by atoms with E-state index in [0.717, 1.165) is 10.9 Å². The molecule has 0 spiro atoms. The Morgan fingerprint density at radius 3 is 2.42 bits per heavy atom. The number of hydrogen-bond donors (Lipinski definition) is 1. The second kappa shape index (κ2) is 9.21. The lowest BCUT2D eigenvalue weighted by atomic mass is 9.99. The summed E-state index contributed by atoms with van der Waals surface area (Å²) >= 11 is 11.9. The molecule has 0 radical (unpaired) electrons. The number of esters is 1. The average Bonchev–Trinajstić information content (AvgIpc) is 3.22. The predicted molar refractivity (Wildman–Crippen MR) is 123 cm³/mol. The molecular weight excluding hydrogens is 433 g/mol. The van der Waals surface area contributed by atoms with Crippen LogP contribution in [0.4, 0.5) is 0 Å². The Hall–Kier alpha value is -3.34. The molecule has 3 aromatic carbocycles. The van der Waals surface area contributed by atoms with Crippen molar-refractivity contribution in [3.05, 3.63) is 112 Å². The second-order valence-electron chi connectivity index (χ2n) is 6.85. The molecule has 1 heterocycles. The van der Waals surface area contributed by atoms with Gasteiger partial charge in [-0.25, -0.2) is 4.79 Å². The van der Waals surface area contributed by atoms with E-state index in [4.69, 9.17) is 27.9 Å². The maximum atomic E-state index is 13.4. The van der Waals surface area contributed by atoms with Crippen LogP contribution in [0.5, 0.6) is 0 Å². The van der Waals surface area contributed by atoms with Gasteiger partial charge in [0, 0.05) is 34.3 Å². The van der Waals surface area contributed by atoms with E-state index in [0.29, 0.717) is 26.7 Å². The Labute approximate surface area is 189 Å². The highest BCUT2D eigenvalue weighted by atomic mass is 35.5. The number of hydrogen-bond acceptors (Lipinski definition) is 3. The number of ketones is 1. The SMILES string of the molecule is O=C(C=Cc1ccc(Cl)c(Cl)c1)OC(C(=O)c1c[nH]c2ccccc12)c1ccccc1. The molecule has 4 rings (SSSR count). The average molecular weight is 450 g/mol. The predicted octanol–water partition coefficient (Wildman–Crippen LogP) is 6.66. The Bertz CT molecular complexity index is 1280. The summed E-state index contributed by atoms with van der Waals surface area (Å²) in [6, 6.07) is 21.4. The van der Waals surface area contributed by atoms with Crippen LogP contribution in [0.25, 0.3) is 17.0 Å². The van der Waals surface area contributed by atoms with Crippen LogP contribution >= 0.6 is 23.2 Å². The summed E-state index contributed by atoms with van der Waals surface area (Å²) in [6.45, 7) is 0. The Kier molecular flexibility index (Phi) is 6.21. The van der Waals surface area contributed by atoms with Crippen LogP contribution in [0.3, 0.4) is 0 Å². The van der Waals surface area contributed by atoms with E-state index in [1.165, 1.54) is 6.08 Å². The van der Waals surface area contributed by atoms with E-state index in [1.807, 2.05) is 30.3 Å². The van der Waals surface area contributed by atoms with Crippen LogP contribution in [-0.4, -0.2) is 16.7 Å². The fourth-order valence-corrected chi connectivity index (χ4v) is 3.56. The van der Waals surface area contributed by atoms with Crippen molar-refractivity contribution in [2.45, 2.75) is 6.10 Å². The van der Waals surface area contributed by atoms with E-state index in [2.05, 4.69) is 4.98 Å². The summed E-state index contributed by atoms with van der Waals surface area (Å²) in [4.78, 5) is 29.0. The van der Waals surface area contributed by atoms with Crippen LogP contribution in [0.1, 0.15) is 27.6 Å². The van der Waals surface area contributed by atoms with Gasteiger partial charge in [-0.15, -0.1) is 0 Å². The van der Waals surface area contributed by atoms with Crippen molar-refractivity contribution in [2.75, 3.05) is 0 Å². The quantitative estimate of drug-likeness (QED) is 0.203. The van der Waals surface area contributed by atoms with E-state index >= 15 is 0 Å². The lowest BCUT2D eigenvalue weighted by Gasteiger charge is -2.16. The first-order chi connectivity index (χ1) is 15.0. The largest absolute Gasteiger partial charge is 0.446 e. The number of rotatable bonds is 6. The number of para-hydroxylation sites is 1. The fourth-order valence-electron chi connectivity index (χ4n) is 3.25. The summed E-state index contributed by atoms with van der Waals surface area (Å²) in [5.41, 5.74) is 2.58. The molecule has 0 amide bonds. The zero-order chi connectivity index (χ0) is 21.8. The standard InChI is InChI=1S/C25H17Cl2NO3/c26-20-12-10-16(14-21(20)27)11-13-23(29)31-25(17-6-2-1-3-7-17)24(30)19-15-28-22-9-5-4-8-18(19)22/h1-15,25,28H. The van der Waals surface area contributed by atoms with Gasteiger partial charge >= 0.3 is 5.97 Å². The Balaban J connectivity index is 1.61. The normalized spacial score (nSPS) is 12.2. The lowest BCUT2D eigenvalue weighted by Crippen LogP contribution is -2.19. The summed E-state index contributed by atoms with van der Waals surface area (Å²) in [5.74, 6) is -0.951. The van der Waals surface area contributed by atoms with Gasteiger partial charge in [0.2, 0.25) is 5.78 Å². The molecule has 0 bridgehead atoms. The van der Waals surface area contributed by atoms with Gasteiger partial charge in [0.15, 0.2) is 6.10 Å². The molecule has 1 atom stereocenters. The number of benzene rings is 3. The van der Waals surface area contributed by atoms with Gasteiger partial charge < -0.3 is 9.72 Å². The summed E-state index contributed by atoms with van der Waals surface area (Å²) in [5, 5.41) is 1.58. The van der Waals surface area contributed by atoms with Crippen LogP contribution in [-0.2, 0) is 9.53 Å². The molecule has 0 saturated heterocycles. The van der Waals surface area contributed by atoms with E-state index in [-0.39, 0.29) is 5.78 Å². The summed E-state index contributed by atoms with van der Waals surface area (Å²) in [7, 11) is 0. The zero-order valence-electron chi connectivity index (χ0n) is 16.2. The molecule has 1 unspecified atom stereocenters. The minimum absolute atomic E-state index is 0.306. The number of ether oxygens (including phenoxy) is 1. The minimum atomic E-state index is -1.08. The van der Waals surface area contributed by atoms with E-state index in [1.54, 1.807) is 54.7 Å². The van der Waals surface area contributed by atoms with E-state index < -0.39 is 12.1 Å². The molecule has 154 valence electrons. The topological polar surface area (TPSA) is 59.2 Å². The monoisotopic (exact) mass is 449 g/mol. The smallest absolute Gasteiger partial charge is 0.331 e. The molecule has 1 aromatic heterocycles. The van der Waals surface area contributed by atoms with Crippen molar-refractivity contribution in [3.63, 3.8) is 0 Å². The maximum Gasteiger partial charge on any atom is 0.331 e. The molecule has 0 saturated carbocycles. The number of carbonyl (C=O) groups excluding carboxylic acids is 2. The number of H-pyrrole nitrogens is 1. The van der Waals surface area contributed by atoms with Crippen LogP contribution in [0.2, 0.25) is 10.0 Å². The Morgan fingerprint density at radius 2 is 1.65 bits per heavy atom. The molecule has 0 aliphatic heterocycles. The van der Waals surface area contributed by atoms with Crippen LogP contribution in [0, 0.1) is 0 Å². The molecule has 0 fully saturated rings. The third kappa shape index (κ3) is 4.71. The first-order valence-corrected chi connectivity index (χ1v) is 10.3. The molecule has 0 aliphatic rings. The third-order valence-electron chi connectivity index (χ3n) is 4.78. The molecule has 4 nitrogen and oxygen atoms in total. The lowest BCUT2D eigenvalue weighted by molar-refractivity contribution is -0.141. The van der Waals surface area contributed by atoms with Crippen molar-refractivity contribution in [1.82, 2.24) is 4.98 Å². The fraction of sp³-hybridized carbons (Fsp3) is 0.0400.